The largest absolute Gasteiger partial charge is 0.420 e. The number of hydrogen-bond acceptors (Lipinski definition) is 1. The maximum Gasteiger partial charge on any atom is 0.420 e. The predicted octanol–water partition coefficient (Wildman–Crippen LogP) is 3.37. The van der Waals surface area contributed by atoms with E-state index in [1.165, 1.54) is 0 Å². The molecule has 1 aromatic carbocycles. The number of amides is 2. The Balaban J connectivity index is 2.75. The molecule has 0 aromatic heterocycles. The van der Waals surface area contributed by atoms with E-state index in [0.29, 0.717) is 5.56 Å². The third-order valence-electron chi connectivity index (χ3n) is 2.79. The van der Waals surface area contributed by atoms with Crippen molar-refractivity contribution in [2.75, 3.05) is 0 Å². The van der Waals surface area contributed by atoms with Crippen LogP contribution in [-0.4, -0.2) is 23.9 Å². The van der Waals surface area contributed by atoms with Crippen molar-refractivity contribution in [2.45, 2.75) is 31.4 Å². The fraction of sp³-hybridized carbons (Fsp3) is 0.417. The van der Waals surface area contributed by atoms with Crippen molar-refractivity contribution in [1.82, 2.24) is 10.6 Å². The number of nitrogens with one attached hydrogen (secondary N) is 2. The quantitative estimate of drug-likeness (QED) is 0.825. The molecule has 0 radical (unpaired) electrons. The minimum atomic E-state index is -5.67. The van der Waals surface area contributed by atoms with Crippen LogP contribution >= 0.6 is 0 Å². The number of alkyl halides is 6. The lowest BCUT2D eigenvalue weighted by Crippen LogP contribution is -2.66. The first-order valence-corrected chi connectivity index (χ1v) is 5.71. The highest BCUT2D eigenvalue weighted by Crippen LogP contribution is 2.42. The van der Waals surface area contributed by atoms with Gasteiger partial charge in [-0.2, -0.15) is 26.3 Å². The van der Waals surface area contributed by atoms with Crippen LogP contribution < -0.4 is 10.6 Å². The summed E-state index contributed by atoms with van der Waals surface area (Å²) in [7, 11) is 0. The van der Waals surface area contributed by atoms with Crippen molar-refractivity contribution in [3.05, 3.63) is 35.9 Å². The van der Waals surface area contributed by atoms with Crippen LogP contribution in [0.3, 0.4) is 0 Å². The van der Waals surface area contributed by atoms with Gasteiger partial charge in [0.05, 0.1) is 0 Å². The fourth-order valence-corrected chi connectivity index (χ4v) is 1.35. The second-order valence-corrected chi connectivity index (χ2v) is 4.41. The Morgan fingerprint density at radius 2 is 1.48 bits per heavy atom. The monoisotopic (exact) mass is 314 g/mol. The van der Waals surface area contributed by atoms with Crippen LogP contribution in [0, 0.1) is 0 Å². The van der Waals surface area contributed by atoms with E-state index < -0.39 is 23.9 Å². The highest BCUT2D eigenvalue weighted by atomic mass is 19.4. The molecule has 1 rings (SSSR count). The highest BCUT2D eigenvalue weighted by Gasteiger charge is 2.68. The number of benzene rings is 1. The summed E-state index contributed by atoms with van der Waals surface area (Å²) in [6.07, 6.45) is -11.3. The number of urea groups is 1. The van der Waals surface area contributed by atoms with Gasteiger partial charge in [0, 0.05) is 6.54 Å². The Kier molecular flexibility index (Phi) is 4.75. The molecule has 0 saturated carbocycles. The molecule has 0 bridgehead atoms. The zero-order valence-electron chi connectivity index (χ0n) is 10.8. The summed E-state index contributed by atoms with van der Waals surface area (Å²) in [5.41, 5.74) is -3.78. The molecule has 0 heterocycles. The van der Waals surface area contributed by atoms with Crippen LogP contribution in [0.1, 0.15) is 12.5 Å². The minimum absolute atomic E-state index is 0.130. The van der Waals surface area contributed by atoms with Crippen LogP contribution in [-0.2, 0) is 6.54 Å². The van der Waals surface area contributed by atoms with Gasteiger partial charge in [-0.25, -0.2) is 4.79 Å². The van der Waals surface area contributed by atoms with Gasteiger partial charge in [0.1, 0.15) is 0 Å². The molecule has 9 heteroatoms. The third kappa shape index (κ3) is 4.02. The average molecular weight is 314 g/mol. The molecule has 0 aliphatic rings. The lowest BCUT2D eigenvalue weighted by atomic mass is 10.0. The summed E-state index contributed by atoms with van der Waals surface area (Å²) in [6.45, 7) is -0.326. The van der Waals surface area contributed by atoms with E-state index in [1.54, 1.807) is 30.3 Å². The first kappa shape index (κ1) is 17.1. The van der Waals surface area contributed by atoms with Crippen molar-refractivity contribution in [1.29, 1.82) is 0 Å². The van der Waals surface area contributed by atoms with E-state index in [0.717, 1.165) is 5.32 Å². The first-order valence-electron chi connectivity index (χ1n) is 5.71. The predicted molar refractivity (Wildman–Crippen MR) is 62.3 cm³/mol. The van der Waals surface area contributed by atoms with Crippen LogP contribution in [0.2, 0.25) is 0 Å². The van der Waals surface area contributed by atoms with Gasteiger partial charge in [0.2, 0.25) is 5.54 Å². The molecule has 2 N–H and O–H groups in total. The number of carbonyl (C=O) groups is 1. The van der Waals surface area contributed by atoms with Crippen LogP contribution in [0.15, 0.2) is 30.3 Å². The van der Waals surface area contributed by atoms with Gasteiger partial charge in [-0.15, -0.1) is 0 Å². The molecule has 3 nitrogen and oxygen atoms in total. The SMILES string of the molecule is CC(NC(=O)NCc1ccccc1)(C(F)(F)F)C(F)(F)F. The molecular formula is C12H12F6N2O. The summed E-state index contributed by atoms with van der Waals surface area (Å²) >= 11 is 0. The molecule has 0 unspecified atom stereocenters. The van der Waals surface area contributed by atoms with Crippen molar-refractivity contribution in [2.24, 2.45) is 0 Å². The van der Waals surface area contributed by atoms with Gasteiger partial charge in [-0.1, -0.05) is 30.3 Å². The lowest BCUT2D eigenvalue weighted by Gasteiger charge is -2.34. The number of halogens is 6. The van der Waals surface area contributed by atoms with Gasteiger partial charge in [-0.05, 0) is 12.5 Å². The van der Waals surface area contributed by atoms with Gasteiger partial charge in [-0.3, -0.25) is 0 Å². The highest BCUT2D eigenvalue weighted by molar-refractivity contribution is 5.75. The zero-order chi connectivity index (χ0) is 16.3. The Bertz CT molecular complexity index is 469. The fourth-order valence-electron chi connectivity index (χ4n) is 1.35. The maximum atomic E-state index is 12.6. The molecule has 1 aromatic rings. The number of carbonyl (C=O) groups excluding carboxylic acids is 1. The number of rotatable bonds is 3. The zero-order valence-corrected chi connectivity index (χ0v) is 10.8. The van der Waals surface area contributed by atoms with Crippen molar-refractivity contribution >= 4 is 6.03 Å². The van der Waals surface area contributed by atoms with E-state index in [-0.39, 0.29) is 13.5 Å². The van der Waals surface area contributed by atoms with Gasteiger partial charge < -0.3 is 10.6 Å². The molecule has 0 fully saturated rings. The minimum Gasteiger partial charge on any atom is -0.334 e. The summed E-state index contributed by atoms with van der Waals surface area (Å²) in [5.74, 6) is 0. The van der Waals surface area contributed by atoms with Crippen molar-refractivity contribution in [3.63, 3.8) is 0 Å². The van der Waals surface area contributed by atoms with Crippen LogP contribution in [0.4, 0.5) is 31.1 Å². The second kappa shape index (κ2) is 5.82. The molecule has 0 aliphatic heterocycles. The molecule has 0 aliphatic carbocycles. The Labute approximate surface area is 116 Å². The third-order valence-corrected chi connectivity index (χ3v) is 2.79. The Morgan fingerprint density at radius 3 is 1.90 bits per heavy atom. The Hall–Kier alpha value is -1.93. The van der Waals surface area contributed by atoms with Crippen LogP contribution in [0.5, 0.6) is 0 Å². The molecule has 118 valence electrons. The summed E-state index contributed by atoms with van der Waals surface area (Å²) in [5, 5.41) is 2.89. The van der Waals surface area contributed by atoms with Crippen molar-refractivity contribution in [3.8, 4) is 0 Å². The van der Waals surface area contributed by atoms with Gasteiger partial charge in [0.25, 0.3) is 0 Å². The number of hydrogen-bond donors (Lipinski definition) is 2. The maximum absolute atomic E-state index is 12.6. The molecule has 0 atom stereocenters. The first-order chi connectivity index (χ1) is 9.47. The van der Waals surface area contributed by atoms with E-state index >= 15 is 0 Å². The molecule has 2 amide bonds. The van der Waals surface area contributed by atoms with E-state index in [9.17, 15) is 31.1 Å². The summed E-state index contributed by atoms with van der Waals surface area (Å²) < 4.78 is 75.4. The lowest BCUT2D eigenvalue weighted by molar-refractivity contribution is -0.297. The molecule has 21 heavy (non-hydrogen) atoms. The van der Waals surface area contributed by atoms with Crippen molar-refractivity contribution < 1.29 is 31.1 Å². The van der Waals surface area contributed by atoms with Gasteiger partial charge >= 0.3 is 18.4 Å². The second-order valence-electron chi connectivity index (χ2n) is 4.41. The molecular weight excluding hydrogens is 302 g/mol. The van der Waals surface area contributed by atoms with E-state index in [4.69, 9.17) is 0 Å². The molecule has 0 saturated heterocycles. The summed E-state index contributed by atoms with van der Waals surface area (Å²) in [6, 6.07) is 6.47. The van der Waals surface area contributed by atoms with Gasteiger partial charge in [0.15, 0.2) is 0 Å². The average Bonchev–Trinajstić information content (AvgIpc) is 2.35. The molecule has 0 spiro atoms. The normalized spacial score (nSPS) is 12.9. The smallest absolute Gasteiger partial charge is 0.334 e. The standard InChI is InChI=1S/C12H12F6N2O/c1-10(11(13,14)15,12(16,17)18)20-9(21)19-7-8-5-3-2-4-6-8/h2-6H,7H2,1H3,(H2,19,20,21). The van der Waals surface area contributed by atoms with Crippen LogP contribution in [0.25, 0.3) is 0 Å². The Morgan fingerprint density at radius 1 is 1.00 bits per heavy atom. The van der Waals surface area contributed by atoms with E-state index in [2.05, 4.69) is 0 Å². The summed E-state index contributed by atoms with van der Waals surface area (Å²) in [4.78, 5) is 11.3. The van der Waals surface area contributed by atoms with E-state index in [1.807, 2.05) is 5.32 Å². The topological polar surface area (TPSA) is 41.1 Å².